The summed E-state index contributed by atoms with van der Waals surface area (Å²) in [5.74, 6) is -7.08. The maximum Gasteiger partial charge on any atom is 0.255 e. The lowest BCUT2D eigenvalue weighted by molar-refractivity contribution is -0.148. The number of carbonyl (C=O) groups is 4. The Bertz CT molecular complexity index is 1310. The first-order chi connectivity index (χ1) is 16.9. The van der Waals surface area contributed by atoms with Crippen LogP contribution in [0.4, 0.5) is 0 Å². The van der Waals surface area contributed by atoms with E-state index in [-0.39, 0.29) is 35.4 Å². The third-order valence-electron chi connectivity index (χ3n) is 7.37. The second-order valence-corrected chi connectivity index (χ2v) is 9.46. The van der Waals surface area contributed by atoms with Crippen LogP contribution in [0, 0.1) is 11.8 Å². The van der Waals surface area contributed by atoms with E-state index in [4.69, 9.17) is 5.73 Å². The lowest BCUT2D eigenvalue weighted by Crippen LogP contribution is -2.63. The number of allylic oxidation sites excluding steroid dienone is 2. The van der Waals surface area contributed by atoms with Crippen LogP contribution >= 0.6 is 0 Å². The van der Waals surface area contributed by atoms with Crippen molar-refractivity contribution in [2.75, 3.05) is 21.1 Å². The number of fused-ring (bicyclic) bond motifs is 3. The van der Waals surface area contributed by atoms with Crippen molar-refractivity contribution >= 4 is 29.8 Å². The summed E-state index contributed by atoms with van der Waals surface area (Å²) in [4.78, 5) is 51.7. The predicted molar refractivity (Wildman–Crippen MR) is 127 cm³/mol. The van der Waals surface area contributed by atoms with Gasteiger partial charge in [0.2, 0.25) is 5.78 Å². The first-order valence-electron chi connectivity index (χ1n) is 11.2. The van der Waals surface area contributed by atoms with Crippen LogP contribution in [0.2, 0.25) is 0 Å². The molecule has 190 valence electrons. The smallest absolute Gasteiger partial charge is 0.255 e. The molecule has 0 radical (unpaired) electrons. The summed E-state index contributed by atoms with van der Waals surface area (Å²) >= 11 is 0. The van der Waals surface area contributed by atoms with Gasteiger partial charge in [0, 0.05) is 18.5 Å². The van der Waals surface area contributed by atoms with E-state index < -0.39 is 58.0 Å². The Labute approximate surface area is 206 Å². The maximum atomic E-state index is 13.6. The third-order valence-corrected chi connectivity index (χ3v) is 7.37. The number of hydrogen-bond acceptors (Lipinski definition) is 10. The van der Waals surface area contributed by atoms with E-state index in [0.29, 0.717) is 17.4 Å². The first-order valence-corrected chi connectivity index (χ1v) is 11.2. The van der Waals surface area contributed by atoms with E-state index in [1.165, 1.54) is 17.0 Å². The van der Waals surface area contributed by atoms with Crippen molar-refractivity contribution in [2.45, 2.75) is 24.5 Å². The summed E-state index contributed by atoms with van der Waals surface area (Å²) in [7, 11) is 4.68. The zero-order chi connectivity index (χ0) is 26.7. The van der Waals surface area contributed by atoms with Crippen molar-refractivity contribution in [3.63, 3.8) is 0 Å². The number of carbonyl (C=O) groups excluding carboxylic acids is 4. The highest BCUT2D eigenvalue weighted by atomic mass is 16.3. The van der Waals surface area contributed by atoms with Gasteiger partial charge in [0.25, 0.3) is 5.91 Å². The molecule has 1 aromatic rings. The number of phenolic OH excluding ortho intramolecular Hbond substituents is 1. The SMILES string of the molecule is CN/C(C=O)=C\c1ccc(O)c2c1C[C@H]1C[C@H]3[C@H](N(C)C)C(O)=C(C(N)=O)C(=O)[C@@]3(O)C(O)=C1C2=O. The van der Waals surface area contributed by atoms with Crippen molar-refractivity contribution in [1.29, 1.82) is 0 Å². The number of aliphatic hydroxyl groups is 3. The Morgan fingerprint density at radius 1 is 1.22 bits per heavy atom. The third kappa shape index (κ3) is 3.34. The number of primary amides is 1. The lowest BCUT2D eigenvalue weighted by atomic mass is 9.58. The van der Waals surface area contributed by atoms with E-state index >= 15 is 0 Å². The van der Waals surface area contributed by atoms with Gasteiger partial charge in [0.05, 0.1) is 17.3 Å². The number of hydrogen-bond donors (Lipinski definition) is 6. The molecular weight excluding hydrogens is 470 g/mol. The van der Waals surface area contributed by atoms with Crippen molar-refractivity contribution in [1.82, 2.24) is 10.2 Å². The molecule has 0 heterocycles. The molecule has 0 unspecified atom stereocenters. The number of ketones is 2. The van der Waals surface area contributed by atoms with Crippen LogP contribution in [0.1, 0.15) is 27.9 Å². The number of nitrogens with zero attached hydrogens (tertiary/aromatic N) is 1. The van der Waals surface area contributed by atoms with Crippen LogP contribution in [0.25, 0.3) is 6.08 Å². The topological polar surface area (TPSA) is 190 Å². The first kappa shape index (κ1) is 25.1. The predicted octanol–water partition coefficient (Wildman–Crippen LogP) is -0.120. The monoisotopic (exact) mass is 497 g/mol. The van der Waals surface area contributed by atoms with Gasteiger partial charge in [0.15, 0.2) is 17.7 Å². The molecule has 3 aliphatic rings. The normalized spacial score (nSPS) is 28.0. The van der Waals surface area contributed by atoms with E-state index in [9.17, 15) is 39.6 Å². The molecule has 11 nitrogen and oxygen atoms in total. The van der Waals surface area contributed by atoms with E-state index in [2.05, 4.69) is 5.32 Å². The Morgan fingerprint density at radius 3 is 2.44 bits per heavy atom. The fourth-order valence-electron chi connectivity index (χ4n) is 5.74. The molecule has 0 saturated heterocycles. The van der Waals surface area contributed by atoms with Gasteiger partial charge in [-0.2, -0.15) is 0 Å². The molecule has 0 saturated carbocycles. The molecule has 1 aromatic carbocycles. The molecule has 3 aliphatic carbocycles. The van der Waals surface area contributed by atoms with Gasteiger partial charge in [-0.05, 0) is 56.1 Å². The standard InChI is InChI=1S/C25H27N3O8/c1-27-12(9-29)6-10-4-5-15(30)17-13(10)7-11-8-14-19(28(2)3)21(32)18(24(26)35)23(34)25(14,36)22(33)16(11)20(17)31/h4-6,9,11,14,19,27,30,32-33,36H,7-8H2,1-3H3,(H2,26,35)/b12-6-/t11-,14-,19-,25-/m0/s1. The summed E-state index contributed by atoms with van der Waals surface area (Å²) in [5, 5.41) is 46.9. The van der Waals surface area contributed by atoms with E-state index in [1.54, 1.807) is 27.2 Å². The maximum absolute atomic E-state index is 13.6. The Balaban J connectivity index is 1.96. The van der Waals surface area contributed by atoms with Crippen LogP contribution in [0.3, 0.4) is 0 Å². The molecule has 4 rings (SSSR count). The molecule has 0 aromatic heterocycles. The number of aldehydes is 1. The Morgan fingerprint density at radius 2 is 1.89 bits per heavy atom. The fourth-order valence-corrected chi connectivity index (χ4v) is 5.74. The molecule has 0 bridgehead atoms. The minimum atomic E-state index is -2.69. The molecule has 7 N–H and O–H groups in total. The molecule has 0 spiro atoms. The van der Waals surface area contributed by atoms with Gasteiger partial charge in [0.1, 0.15) is 22.8 Å². The number of nitrogens with one attached hydrogen (secondary N) is 1. The number of amides is 1. The molecule has 36 heavy (non-hydrogen) atoms. The number of Topliss-reactive ketones (excluding diaryl/α,β-unsaturated/α-hetero) is 2. The fraction of sp³-hybridized carbons (Fsp3) is 0.360. The zero-order valence-corrected chi connectivity index (χ0v) is 19.9. The summed E-state index contributed by atoms with van der Waals surface area (Å²) in [6.45, 7) is 0. The molecule has 4 atom stereocenters. The largest absolute Gasteiger partial charge is 0.510 e. The average molecular weight is 498 g/mol. The number of likely N-dealkylation sites (N-methyl/N-ethyl adjacent to an activating group) is 2. The lowest BCUT2D eigenvalue weighted by Gasteiger charge is -2.50. The van der Waals surface area contributed by atoms with Gasteiger partial charge >= 0.3 is 0 Å². The molecular formula is C25H27N3O8. The Hall–Kier alpha value is -3.96. The van der Waals surface area contributed by atoms with Crippen molar-refractivity contribution < 1.29 is 39.6 Å². The number of rotatable bonds is 5. The highest BCUT2D eigenvalue weighted by Crippen LogP contribution is 2.52. The van der Waals surface area contributed by atoms with Gasteiger partial charge in [-0.25, -0.2) is 0 Å². The van der Waals surface area contributed by atoms with Crippen LogP contribution in [0.15, 0.2) is 40.5 Å². The second-order valence-electron chi connectivity index (χ2n) is 9.46. The summed E-state index contributed by atoms with van der Waals surface area (Å²) in [6, 6.07) is 1.76. The second kappa shape index (κ2) is 8.61. The molecule has 1 amide bonds. The number of nitrogens with two attached hydrogens (primary N) is 1. The number of aliphatic hydroxyl groups excluding tert-OH is 2. The van der Waals surface area contributed by atoms with Gasteiger partial charge in [-0.15, -0.1) is 0 Å². The highest BCUT2D eigenvalue weighted by Gasteiger charge is 2.63. The van der Waals surface area contributed by atoms with Crippen molar-refractivity contribution in [2.24, 2.45) is 17.6 Å². The molecule has 11 heteroatoms. The molecule has 0 fully saturated rings. The molecule has 0 aliphatic heterocycles. The number of aromatic hydroxyl groups is 1. The summed E-state index contributed by atoms with van der Waals surface area (Å²) < 4.78 is 0. The number of phenols is 1. The Kier molecular flexibility index (Phi) is 6.01. The highest BCUT2D eigenvalue weighted by molar-refractivity contribution is 6.24. The number of benzene rings is 1. The van der Waals surface area contributed by atoms with Crippen molar-refractivity contribution in [3.8, 4) is 5.75 Å². The summed E-state index contributed by atoms with van der Waals surface area (Å²) in [6.07, 6.45) is 2.23. The van der Waals surface area contributed by atoms with Crippen molar-refractivity contribution in [3.05, 3.63) is 57.2 Å². The van der Waals surface area contributed by atoms with Crippen LogP contribution < -0.4 is 11.1 Å². The quantitative estimate of drug-likeness (QED) is 0.182. The van der Waals surface area contributed by atoms with Gasteiger partial charge in [-0.3, -0.25) is 24.1 Å². The minimum Gasteiger partial charge on any atom is -0.510 e. The van der Waals surface area contributed by atoms with Gasteiger partial charge in [-0.1, -0.05) is 6.07 Å². The van der Waals surface area contributed by atoms with E-state index in [1.807, 2.05) is 0 Å². The van der Waals surface area contributed by atoms with Crippen LogP contribution in [-0.2, 0) is 20.8 Å². The van der Waals surface area contributed by atoms with Crippen LogP contribution in [0.5, 0.6) is 5.75 Å². The zero-order valence-electron chi connectivity index (χ0n) is 19.9. The summed E-state index contributed by atoms with van der Waals surface area (Å²) in [5.41, 5.74) is 2.58. The van der Waals surface area contributed by atoms with Gasteiger partial charge < -0.3 is 31.5 Å². The average Bonchev–Trinajstić information content (AvgIpc) is 2.80. The van der Waals surface area contributed by atoms with E-state index in [0.717, 1.165) is 0 Å². The minimum absolute atomic E-state index is 0.0167. The van der Waals surface area contributed by atoms with Crippen LogP contribution in [-0.4, -0.2) is 81.9 Å².